The maximum absolute atomic E-state index is 5.60. The van der Waals surface area contributed by atoms with E-state index in [-0.39, 0.29) is 0 Å². The Balaban J connectivity index is 2.17. The van der Waals surface area contributed by atoms with Crippen molar-refractivity contribution in [3.05, 3.63) is 40.1 Å². The van der Waals surface area contributed by atoms with Gasteiger partial charge < -0.3 is 5.73 Å². The summed E-state index contributed by atoms with van der Waals surface area (Å²) in [7, 11) is 1.98. The van der Waals surface area contributed by atoms with E-state index in [1.54, 1.807) is 0 Å². The van der Waals surface area contributed by atoms with Crippen LogP contribution >= 0.6 is 15.9 Å². The zero-order valence-corrected chi connectivity index (χ0v) is 13.1. The summed E-state index contributed by atoms with van der Waals surface area (Å²) < 4.78 is 4.70. The van der Waals surface area contributed by atoms with Crippen LogP contribution in [0, 0.1) is 6.92 Å². The number of aryl methyl sites for hydroxylation is 2. The number of nitrogens with zero attached hydrogens (tertiary/aromatic N) is 4. The second kappa shape index (κ2) is 5.03. The van der Waals surface area contributed by atoms with Crippen LogP contribution in [0.3, 0.4) is 0 Å². The fourth-order valence-corrected chi connectivity index (χ4v) is 2.84. The number of nitrogens with two attached hydrogens (primary N) is 1. The van der Waals surface area contributed by atoms with Gasteiger partial charge in [-0.3, -0.25) is 4.57 Å². The van der Waals surface area contributed by atoms with E-state index < -0.39 is 0 Å². The van der Waals surface area contributed by atoms with Gasteiger partial charge in [0.2, 0.25) is 5.78 Å². The van der Waals surface area contributed by atoms with Crippen molar-refractivity contribution in [3.63, 3.8) is 0 Å². The van der Waals surface area contributed by atoms with Crippen LogP contribution in [-0.2, 0) is 13.5 Å². The third kappa shape index (κ3) is 2.05. The van der Waals surface area contributed by atoms with Crippen LogP contribution in [0.25, 0.3) is 17.2 Å². The molecule has 0 atom stereocenters. The Hall–Kier alpha value is -1.66. The zero-order chi connectivity index (χ0) is 14.3. The van der Waals surface area contributed by atoms with E-state index >= 15 is 0 Å². The molecule has 3 aromatic rings. The highest BCUT2D eigenvalue weighted by Gasteiger charge is 2.17. The summed E-state index contributed by atoms with van der Waals surface area (Å²) in [4.78, 5) is 4.61. The molecule has 104 valence electrons. The Morgan fingerprint density at radius 1 is 1.35 bits per heavy atom. The summed E-state index contributed by atoms with van der Waals surface area (Å²) in [6.45, 7) is 2.65. The van der Waals surface area contributed by atoms with Crippen LogP contribution in [-0.4, -0.2) is 25.7 Å². The standard InChI is InChI=1S/C14H16BrN5/c1-9-4-3-5-10(8-9)13-18-20-12(15)11(6-7-16)17-14(20)19(13)2/h3-5,8H,6-7,16H2,1-2H3. The lowest BCUT2D eigenvalue weighted by Gasteiger charge is -2.02. The topological polar surface area (TPSA) is 61.1 Å². The maximum atomic E-state index is 5.60. The van der Waals surface area contributed by atoms with E-state index in [0.29, 0.717) is 6.54 Å². The zero-order valence-electron chi connectivity index (χ0n) is 11.5. The molecule has 2 N–H and O–H groups in total. The lowest BCUT2D eigenvalue weighted by Crippen LogP contribution is -2.04. The lowest BCUT2D eigenvalue weighted by molar-refractivity contribution is 0.892. The SMILES string of the molecule is Cc1cccc(-c2nn3c(Br)c(CCN)nc3n2C)c1. The van der Waals surface area contributed by atoms with Gasteiger partial charge in [-0.05, 0) is 35.5 Å². The molecular formula is C14H16BrN5. The average Bonchev–Trinajstić information content (AvgIpc) is 2.90. The largest absolute Gasteiger partial charge is 0.330 e. The Labute approximate surface area is 125 Å². The summed E-state index contributed by atoms with van der Waals surface area (Å²) in [5, 5.41) is 4.66. The highest BCUT2D eigenvalue weighted by atomic mass is 79.9. The van der Waals surface area contributed by atoms with Crippen molar-refractivity contribution >= 4 is 21.7 Å². The minimum absolute atomic E-state index is 0.577. The van der Waals surface area contributed by atoms with Crippen LogP contribution in [0.15, 0.2) is 28.9 Å². The summed E-state index contributed by atoms with van der Waals surface area (Å²) in [6.07, 6.45) is 0.740. The van der Waals surface area contributed by atoms with Gasteiger partial charge in [-0.2, -0.15) is 4.52 Å². The minimum atomic E-state index is 0.577. The van der Waals surface area contributed by atoms with Gasteiger partial charge in [0.05, 0.1) is 5.69 Å². The van der Waals surface area contributed by atoms with Crippen molar-refractivity contribution < 1.29 is 0 Å². The first kappa shape index (κ1) is 13.3. The Kier molecular flexibility index (Phi) is 3.35. The van der Waals surface area contributed by atoms with Crippen LogP contribution < -0.4 is 5.73 Å². The monoisotopic (exact) mass is 333 g/mol. The normalized spacial score (nSPS) is 11.4. The van der Waals surface area contributed by atoms with Crippen molar-refractivity contribution in [2.45, 2.75) is 13.3 Å². The van der Waals surface area contributed by atoms with Gasteiger partial charge in [-0.15, -0.1) is 5.10 Å². The Bertz CT molecular complexity index is 771. The molecule has 0 saturated carbocycles. The van der Waals surface area contributed by atoms with Gasteiger partial charge in [0.15, 0.2) is 5.82 Å². The van der Waals surface area contributed by atoms with Crippen LogP contribution in [0.1, 0.15) is 11.3 Å². The van der Waals surface area contributed by atoms with E-state index in [4.69, 9.17) is 5.73 Å². The predicted octanol–water partition coefficient (Wildman–Crippen LogP) is 2.31. The molecule has 0 aliphatic carbocycles. The van der Waals surface area contributed by atoms with E-state index in [1.807, 2.05) is 22.2 Å². The van der Waals surface area contributed by atoms with Gasteiger partial charge in [0, 0.05) is 19.0 Å². The molecule has 6 heteroatoms. The fraction of sp³-hybridized carbons (Fsp3) is 0.286. The molecule has 2 heterocycles. The molecule has 2 aromatic heterocycles. The van der Waals surface area contributed by atoms with Crippen molar-refractivity contribution in [3.8, 4) is 11.4 Å². The summed E-state index contributed by atoms with van der Waals surface area (Å²) >= 11 is 3.56. The summed E-state index contributed by atoms with van der Waals surface area (Å²) in [5.74, 6) is 1.72. The fourth-order valence-electron chi connectivity index (χ4n) is 2.32. The molecule has 0 aliphatic heterocycles. The van der Waals surface area contributed by atoms with Crippen molar-refractivity contribution in [1.82, 2.24) is 19.2 Å². The van der Waals surface area contributed by atoms with E-state index in [1.165, 1.54) is 5.56 Å². The van der Waals surface area contributed by atoms with Gasteiger partial charge in [-0.1, -0.05) is 23.8 Å². The minimum Gasteiger partial charge on any atom is -0.330 e. The molecule has 0 amide bonds. The summed E-state index contributed by atoms with van der Waals surface area (Å²) in [6, 6.07) is 8.30. The van der Waals surface area contributed by atoms with Gasteiger partial charge >= 0.3 is 0 Å². The molecule has 0 unspecified atom stereocenters. The first-order valence-electron chi connectivity index (χ1n) is 6.48. The average molecular weight is 334 g/mol. The van der Waals surface area contributed by atoms with Crippen LogP contribution in [0.4, 0.5) is 0 Å². The molecule has 20 heavy (non-hydrogen) atoms. The van der Waals surface area contributed by atoms with Gasteiger partial charge in [0.25, 0.3) is 0 Å². The van der Waals surface area contributed by atoms with Gasteiger partial charge in [0.1, 0.15) is 4.60 Å². The van der Waals surface area contributed by atoms with E-state index in [0.717, 1.165) is 33.9 Å². The predicted molar refractivity (Wildman–Crippen MR) is 82.6 cm³/mol. The highest BCUT2D eigenvalue weighted by molar-refractivity contribution is 9.10. The maximum Gasteiger partial charge on any atom is 0.233 e. The second-order valence-corrected chi connectivity index (χ2v) is 5.60. The van der Waals surface area contributed by atoms with Crippen molar-refractivity contribution in [1.29, 1.82) is 0 Å². The molecule has 0 fully saturated rings. The first-order chi connectivity index (χ1) is 9.61. The van der Waals surface area contributed by atoms with E-state index in [9.17, 15) is 0 Å². The second-order valence-electron chi connectivity index (χ2n) is 4.85. The van der Waals surface area contributed by atoms with Crippen molar-refractivity contribution in [2.24, 2.45) is 12.8 Å². The molecule has 5 nitrogen and oxygen atoms in total. The van der Waals surface area contributed by atoms with Crippen LogP contribution in [0.5, 0.6) is 0 Å². The Morgan fingerprint density at radius 3 is 2.80 bits per heavy atom. The molecule has 0 spiro atoms. The molecule has 0 aliphatic rings. The number of halogens is 1. The smallest absolute Gasteiger partial charge is 0.233 e. The van der Waals surface area contributed by atoms with Crippen molar-refractivity contribution in [2.75, 3.05) is 6.54 Å². The Morgan fingerprint density at radius 2 is 2.15 bits per heavy atom. The summed E-state index contributed by atoms with van der Waals surface area (Å²) in [5.41, 5.74) is 8.85. The lowest BCUT2D eigenvalue weighted by atomic mass is 10.1. The number of imidazole rings is 1. The number of fused-ring (bicyclic) bond motifs is 1. The number of rotatable bonds is 3. The first-order valence-corrected chi connectivity index (χ1v) is 7.28. The quantitative estimate of drug-likeness (QED) is 0.800. The molecule has 0 radical (unpaired) electrons. The third-order valence-corrected chi connectivity index (χ3v) is 4.11. The van der Waals surface area contributed by atoms with Gasteiger partial charge in [-0.25, -0.2) is 4.98 Å². The number of hydrogen-bond acceptors (Lipinski definition) is 3. The molecule has 0 bridgehead atoms. The van der Waals surface area contributed by atoms with E-state index in [2.05, 4.69) is 51.1 Å². The number of hydrogen-bond donors (Lipinski definition) is 1. The third-order valence-electron chi connectivity index (χ3n) is 3.32. The number of aromatic nitrogens is 4. The molecule has 0 saturated heterocycles. The number of benzene rings is 1. The molecular weight excluding hydrogens is 318 g/mol. The molecule has 3 rings (SSSR count). The highest BCUT2D eigenvalue weighted by Crippen LogP contribution is 2.24. The molecule has 1 aromatic carbocycles. The van der Waals surface area contributed by atoms with Crippen LogP contribution in [0.2, 0.25) is 0 Å².